The summed E-state index contributed by atoms with van der Waals surface area (Å²) < 4.78 is 5.75. The number of pyridine rings is 1. The van der Waals surface area contributed by atoms with Gasteiger partial charge in [-0.2, -0.15) is 0 Å². The molecule has 3 nitrogen and oxygen atoms in total. The Bertz CT molecular complexity index is 578. The van der Waals surface area contributed by atoms with Crippen LogP contribution in [-0.2, 0) is 6.54 Å². The van der Waals surface area contributed by atoms with E-state index in [4.69, 9.17) is 4.74 Å². The Balaban J connectivity index is 2.24. The zero-order valence-corrected chi connectivity index (χ0v) is 12.2. The summed E-state index contributed by atoms with van der Waals surface area (Å²) in [6.07, 6.45) is 1.76. The van der Waals surface area contributed by atoms with Crippen molar-refractivity contribution in [1.29, 1.82) is 0 Å². The second-order valence-electron chi connectivity index (χ2n) is 5.25. The summed E-state index contributed by atoms with van der Waals surface area (Å²) in [5.41, 5.74) is 1.97. The van der Waals surface area contributed by atoms with Crippen molar-refractivity contribution >= 4 is 10.9 Å². The molecule has 0 aliphatic heterocycles. The lowest BCUT2D eigenvalue weighted by molar-refractivity contribution is 0.366. The van der Waals surface area contributed by atoms with Crippen LogP contribution in [-0.4, -0.2) is 18.1 Å². The number of nitrogens with zero attached hydrogens (tertiary/aromatic N) is 1. The largest absolute Gasteiger partial charge is 0.489 e. The van der Waals surface area contributed by atoms with Crippen molar-refractivity contribution in [3.8, 4) is 5.75 Å². The summed E-state index contributed by atoms with van der Waals surface area (Å²) in [5.74, 6) is 1.50. The molecule has 0 aliphatic carbocycles. The lowest BCUT2D eigenvalue weighted by Crippen LogP contribution is -2.19. The average Bonchev–Trinajstić information content (AvgIpc) is 2.44. The van der Waals surface area contributed by atoms with E-state index in [1.807, 2.05) is 30.3 Å². The van der Waals surface area contributed by atoms with Gasteiger partial charge < -0.3 is 10.1 Å². The van der Waals surface area contributed by atoms with Gasteiger partial charge >= 0.3 is 0 Å². The Morgan fingerprint density at radius 3 is 2.90 bits per heavy atom. The van der Waals surface area contributed by atoms with E-state index in [0.29, 0.717) is 12.5 Å². The third kappa shape index (κ3) is 3.81. The van der Waals surface area contributed by atoms with Crippen LogP contribution in [0.3, 0.4) is 0 Å². The number of ether oxygens (including phenoxy) is 1. The third-order valence-corrected chi connectivity index (χ3v) is 2.95. The molecule has 0 aliphatic rings. The van der Waals surface area contributed by atoms with E-state index in [1.165, 1.54) is 0 Å². The monoisotopic (exact) mass is 270 g/mol. The van der Waals surface area contributed by atoms with Gasteiger partial charge in [0.2, 0.25) is 0 Å². The van der Waals surface area contributed by atoms with E-state index in [0.717, 1.165) is 35.4 Å². The quantitative estimate of drug-likeness (QED) is 0.781. The Morgan fingerprint density at radius 2 is 2.15 bits per heavy atom. The first-order chi connectivity index (χ1) is 9.70. The number of nitrogens with one attached hydrogen (secondary N) is 1. The summed E-state index contributed by atoms with van der Waals surface area (Å²) in [6, 6.07) is 10.1. The van der Waals surface area contributed by atoms with E-state index in [9.17, 15) is 0 Å². The van der Waals surface area contributed by atoms with Crippen LogP contribution in [0, 0.1) is 5.92 Å². The van der Waals surface area contributed by atoms with Crippen molar-refractivity contribution in [2.24, 2.45) is 5.92 Å². The van der Waals surface area contributed by atoms with Gasteiger partial charge in [-0.3, -0.25) is 4.98 Å². The molecule has 0 amide bonds. The Morgan fingerprint density at radius 1 is 1.35 bits per heavy atom. The van der Waals surface area contributed by atoms with Crippen molar-refractivity contribution in [2.45, 2.75) is 20.4 Å². The number of benzene rings is 1. The van der Waals surface area contributed by atoms with Gasteiger partial charge in [-0.25, -0.2) is 0 Å². The fourth-order valence-corrected chi connectivity index (χ4v) is 2.04. The van der Waals surface area contributed by atoms with E-state index < -0.39 is 0 Å². The Labute approximate surface area is 120 Å². The molecule has 0 radical (unpaired) electrons. The lowest BCUT2D eigenvalue weighted by Gasteiger charge is -2.11. The maximum Gasteiger partial charge on any atom is 0.131 e. The van der Waals surface area contributed by atoms with Crippen LogP contribution >= 0.6 is 0 Å². The minimum atomic E-state index is 0.507. The van der Waals surface area contributed by atoms with Crippen molar-refractivity contribution in [3.63, 3.8) is 0 Å². The molecule has 106 valence electrons. The van der Waals surface area contributed by atoms with Crippen molar-refractivity contribution in [2.75, 3.05) is 13.2 Å². The maximum atomic E-state index is 5.75. The van der Waals surface area contributed by atoms with Gasteiger partial charge in [0, 0.05) is 18.0 Å². The number of para-hydroxylation sites is 1. The van der Waals surface area contributed by atoms with Crippen LogP contribution in [0.4, 0.5) is 0 Å². The van der Waals surface area contributed by atoms with Gasteiger partial charge in [-0.05, 0) is 24.6 Å². The summed E-state index contributed by atoms with van der Waals surface area (Å²) in [7, 11) is 0. The van der Waals surface area contributed by atoms with E-state index >= 15 is 0 Å². The van der Waals surface area contributed by atoms with E-state index in [2.05, 4.69) is 30.7 Å². The number of fused-ring (bicyclic) bond motifs is 1. The van der Waals surface area contributed by atoms with Crippen LogP contribution in [0.15, 0.2) is 43.0 Å². The second-order valence-corrected chi connectivity index (χ2v) is 5.25. The highest BCUT2D eigenvalue weighted by Crippen LogP contribution is 2.25. The minimum absolute atomic E-state index is 0.507. The second kappa shape index (κ2) is 7.06. The SMILES string of the molecule is C=CCOc1cc(CNCC(C)C)nc2ccccc12. The fraction of sp³-hybridized carbons (Fsp3) is 0.353. The molecule has 0 saturated carbocycles. The maximum absolute atomic E-state index is 5.75. The van der Waals surface area contributed by atoms with Gasteiger partial charge in [-0.1, -0.05) is 38.6 Å². The zero-order valence-electron chi connectivity index (χ0n) is 12.2. The van der Waals surface area contributed by atoms with Gasteiger partial charge in [0.05, 0.1) is 11.2 Å². The van der Waals surface area contributed by atoms with Gasteiger partial charge in [0.15, 0.2) is 0 Å². The third-order valence-electron chi connectivity index (χ3n) is 2.95. The molecule has 3 heteroatoms. The summed E-state index contributed by atoms with van der Waals surface area (Å²) in [5, 5.41) is 4.45. The smallest absolute Gasteiger partial charge is 0.131 e. The van der Waals surface area contributed by atoms with Crippen molar-refractivity contribution in [1.82, 2.24) is 10.3 Å². The zero-order chi connectivity index (χ0) is 14.4. The van der Waals surface area contributed by atoms with Gasteiger partial charge in [0.1, 0.15) is 12.4 Å². The van der Waals surface area contributed by atoms with E-state index in [-0.39, 0.29) is 0 Å². The molecule has 2 rings (SSSR count). The average molecular weight is 270 g/mol. The molecule has 0 unspecified atom stereocenters. The molecule has 0 atom stereocenters. The number of hydrogen-bond donors (Lipinski definition) is 1. The van der Waals surface area contributed by atoms with Gasteiger partial charge in [0.25, 0.3) is 0 Å². The normalized spacial score (nSPS) is 10.9. The minimum Gasteiger partial charge on any atom is -0.489 e. The van der Waals surface area contributed by atoms with Crippen LogP contribution in [0.2, 0.25) is 0 Å². The molecule has 1 aromatic carbocycles. The van der Waals surface area contributed by atoms with Crippen LogP contribution in [0.5, 0.6) is 5.75 Å². The molecular formula is C17H22N2O. The standard InChI is InChI=1S/C17H22N2O/c1-4-9-20-17-10-14(12-18-11-13(2)3)19-16-8-6-5-7-15(16)17/h4-8,10,13,18H,1,9,11-12H2,2-3H3. The number of aromatic nitrogens is 1. The molecule has 0 spiro atoms. The van der Waals surface area contributed by atoms with Crippen LogP contribution in [0.1, 0.15) is 19.5 Å². The van der Waals surface area contributed by atoms with Crippen LogP contribution < -0.4 is 10.1 Å². The Kier molecular flexibility index (Phi) is 5.13. The van der Waals surface area contributed by atoms with Gasteiger partial charge in [-0.15, -0.1) is 0 Å². The number of hydrogen-bond acceptors (Lipinski definition) is 3. The molecule has 1 aromatic heterocycles. The highest BCUT2D eigenvalue weighted by Gasteiger charge is 2.06. The molecular weight excluding hydrogens is 248 g/mol. The summed E-state index contributed by atoms with van der Waals surface area (Å²) in [4.78, 5) is 4.67. The summed E-state index contributed by atoms with van der Waals surface area (Å²) >= 11 is 0. The topological polar surface area (TPSA) is 34.1 Å². The van der Waals surface area contributed by atoms with Crippen LogP contribution in [0.25, 0.3) is 10.9 Å². The summed E-state index contributed by atoms with van der Waals surface area (Å²) in [6.45, 7) is 10.3. The molecule has 0 saturated heterocycles. The predicted octanol–water partition coefficient (Wildman–Crippen LogP) is 3.55. The first-order valence-corrected chi connectivity index (χ1v) is 7.03. The molecule has 1 heterocycles. The number of rotatable bonds is 7. The highest BCUT2D eigenvalue weighted by atomic mass is 16.5. The lowest BCUT2D eigenvalue weighted by atomic mass is 10.1. The van der Waals surface area contributed by atoms with Crippen molar-refractivity contribution in [3.05, 3.63) is 48.7 Å². The van der Waals surface area contributed by atoms with Crippen molar-refractivity contribution < 1.29 is 4.74 Å². The Hall–Kier alpha value is -1.87. The molecule has 0 fully saturated rings. The highest BCUT2D eigenvalue weighted by molar-refractivity contribution is 5.85. The first-order valence-electron chi connectivity index (χ1n) is 7.03. The fourth-order valence-electron chi connectivity index (χ4n) is 2.04. The molecule has 2 aromatic rings. The first kappa shape index (κ1) is 14.5. The molecule has 20 heavy (non-hydrogen) atoms. The van der Waals surface area contributed by atoms with E-state index in [1.54, 1.807) is 6.08 Å². The molecule has 1 N–H and O–H groups in total. The predicted molar refractivity (Wildman–Crippen MR) is 84.0 cm³/mol. The molecule has 0 bridgehead atoms.